The van der Waals surface area contributed by atoms with Crippen molar-refractivity contribution >= 4 is 11.9 Å². The topological polar surface area (TPSA) is 61.4 Å². The van der Waals surface area contributed by atoms with Gasteiger partial charge in [0.15, 0.2) is 0 Å². The van der Waals surface area contributed by atoms with Crippen LogP contribution in [0.4, 0.5) is 4.79 Å². The molecule has 1 fully saturated rings. The molecule has 0 aliphatic heterocycles. The van der Waals surface area contributed by atoms with Crippen molar-refractivity contribution in [3.8, 4) is 0 Å². The molecule has 0 atom stereocenters. The first-order valence-corrected chi connectivity index (χ1v) is 6.47. The Morgan fingerprint density at radius 2 is 1.95 bits per heavy atom. The van der Waals surface area contributed by atoms with Gasteiger partial charge in [-0.2, -0.15) is 0 Å². The first kappa shape index (κ1) is 13.4. The van der Waals surface area contributed by atoms with E-state index in [0.717, 1.165) is 18.4 Å². The molecule has 0 spiro atoms. The van der Waals surface area contributed by atoms with Crippen molar-refractivity contribution in [3.63, 3.8) is 0 Å². The molecular formula is C14H19N3O2. The normalized spacial score (nSPS) is 13.7. The van der Waals surface area contributed by atoms with E-state index < -0.39 is 0 Å². The van der Waals surface area contributed by atoms with Gasteiger partial charge in [0.1, 0.15) is 0 Å². The Bertz CT molecular complexity index is 443. The van der Waals surface area contributed by atoms with E-state index in [4.69, 9.17) is 0 Å². The Labute approximate surface area is 113 Å². The zero-order chi connectivity index (χ0) is 13.7. The number of urea groups is 1. The molecule has 0 heterocycles. The number of nitrogens with one attached hydrogen (secondary N) is 2. The number of benzene rings is 1. The molecule has 0 saturated heterocycles. The summed E-state index contributed by atoms with van der Waals surface area (Å²) in [5.41, 5.74) is 1.07. The van der Waals surface area contributed by atoms with Crippen LogP contribution in [0.5, 0.6) is 0 Å². The zero-order valence-electron chi connectivity index (χ0n) is 11.1. The molecule has 3 amide bonds. The summed E-state index contributed by atoms with van der Waals surface area (Å²) >= 11 is 0. The average Bonchev–Trinajstić information content (AvgIpc) is 3.21. The van der Waals surface area contributed by atoms with Crippen molar-refractivity contribution in [2.45, 2.75) is 25.4 Å². The van der Waals surface area contributed by atoms with E-state index in [0.29, 0.717) is 12.6 Å². The van der Waals surface area contributed by atoms with Crippen molar-refractivity contribution in [2.75, 3.05) is 13.6 Å². The fourth-order valence-corrected chi connectivity index (χ4v) is 1.70. The molecule has 1 saturated carbocycles. The fraction of sp³-hybridized carbons (Fsp3) is 0.429. The second-order valence-corrected chi connectivity index (χ2v) is 4.84. The van der Waals surface area contributed by atoms with Gasteiger partial charge >= 0.3 is 6.03 Å². The predicted octanol–water partition coefficient (Wildman–Crippen LogP) is 1.11. The minimum Gasteiger partial charge on any atom is -0.340 e. The van der Waals surface area contributed by atoms with Gasteiger partial charge < -0.3 is 15.5 Å². The fourth-order valence-electron chi connectivity index (χ4n) is 1.70. The number of hydrogen-bond donors (Lipinski definition) is 2. The Hall–Kier alpha value is -2.04. The van der Waals surface area contributed by atoms with E-state index >= 15 is 0 Å². The van der Waals surface area contributed by atoms with E-state index in [2.05, 4.69) is 10.6 Å². The molecule has 0 unspecified atom stereocenters. The van der Waals surface area contributed by atoms with E-state index in [1.807, 2.05) is 30.3 Å². The van der Waals surface area contributed by atoms with Gasteiger partial charge in [-0.3, -0.25) is 4.79 Å². The molecule has 0 aromatic heterocycles. The maximum absolute atomic E-state index is 11.8. The summed E-state index contributed by atoms with van der Waals surface area (Å²) in [5.74, 6) is -0.102. The molecule has 1 aliphatic carbocycles. The first-order valence-electron chi connectivity index (χ1n) is 6.47. The van der Waals surface area contributed by atoms with Gasteiger partial charge in [0.25, 0.3) is 0 Å². The predicted molar refractivity (Wildman–Crippen MR) is 72.5 cm³/mol. The standard InChI is InChI=1S/C14H19N3O2/c1-17(10-11-5-3-2-4-6-11)13(18)9-15-14(19)16-12-7-8-12/h2-6,12H,7-10H2,1H3,(H2,15,16,19). The highest BCUT2D eigenvalue weighted by molar-refractivity contribution is 5.84. The Balaban J connectivity index is 1.71. The van der Waals surface area contributed by atoms with E-state index in [1.54, 1.807) is 11.9 Å². The molecule has 19 heavy (non-hydrogen) atoms. The summed E-state index contributed by atoms with van der Waals surface area (Å²) in [7, 11) is 1.73. The molecule has 5 heteroatoms. The summed E-state index contributed by atoms with van der Waals surface area (Å²) in [6.07, 6.45) is 2.07. The van der Waals surface area contributed by atoms with E-state index in [9.17, 15) is 9.59 Å². The maximum atomic E-state index is 11.8. The van der Waals surface area contributed by atoms with Crippen LogP contribution < -0.4 is 10.6 Å². The van der Waals surface area contributed by atoms with Gasteiger partial charge in [-0.05, 0) is 18.4 Å². The van der Waals surface area contributed by atoms with Crippen molar-refractivity contribution in [1.82, 2.24) is 15.5 Å². The SMILES string of the molecule is CN(Cc1ccccc1)C(=O)CNC(=O)NC1CC1. The Kier molecular flexibility index (Phi) is 4.39. The van der Waals surface area contributed by atoms with Crippen LogP contribution >= 0.6 is 0 Å². The largest absolute Gasteiger partial charge is 0.340 e. The van der Waals surface area contributed by atoms with Gasteiger partial charge in [0, 0.05) is 19.6 Å². The zero-order valence-corrected chi connectivity index (χ0v) is 11.1. The summed E-state index contributed by atoms with van der Waals surface area (Å²) in [4.78, 5) is 24.8. The van der Waals surface area contributed by atoms with Crippen LogP contribution in [0.3, 0.4) is 0 Å². The van der Waals surface area contributed by atoms with Gasteiger partial charge in [-0.25, -0.2) is 4.79 Å². The highest BCUT2D eigenvalue weighted by atomic mass is 16.2. The average molecular weight is 261 g/mol. The summed E-state index contributed by atoms with van der Waals surface area (Å²) < 4.78 is 0. The molecule has 0 radical (unpaired) electrons. The van der Waals surface area contributed by atoms with Gasteiger partial charge in [-0.15, -0.1) is 0 Å². The van der Waals surface area contributed by atoms with Crippen LogP contribution in [0.15, 0.2) is 30.3 Å². The summed E-state index contributed by atoms with van der Waals surface area (Å²) in [5, 5.41) is 5.36. The van der Waals surface area contributed by atoms with Gasteiger partial charge in [0.05, 0.1) is 6.54 Å². The van der Waals surface area contributed by atoms with Crippen LogP contribution in [-0.4, -0.2) is 36.5 Å². The summed E-state index contributed by atoms with van der Waals surface area (Å²) in [6, 6.07) is 9.80. The van der Waals surface area contributed by atoms with Crippen molar-refractivity contribution < 1.29 is 9.59 Å². The number of nitrogens with zero attached hydrogens (tertiary/aromatic N) is 1. The Morgan fingerprint density at radius 1 is 1.26 bits per heavy atom. The second-order valence-electron chi connectivity index (χ2n) is 4.84. The highest BCUT2D eigenvalue weighted by Crippen LogP contribution is 2.18. The minimum absolute atomic E-state index is 0.0296. The molecule has 2 rings (SSSR count). The van der Waals surface area contributed by atoms with E-state index in [-0.39, 0.29) is 18.5 Å². The molecule has 1 aromatic carbocycles. The smallest absolute Gasteiger partial charge is 0.315 e. The van der Waals surface area contributed by atoms with Crippen molar-refractivity contribution in [3.05, 3.63) is 35.9 Å². The number of carbonyl (C=O) groups excluding carboxylic acids is 2. The van der Waals surface area contributed by atoms with Crippen LogP contribution in [0, 0.1) is 0 Å². The Morgan fingerprint density at radius 3 is 2.58 bits per heavy atom. The van der Waals surface area contributed by atoms with Gasteiger partial charge in [0.2, 0.25) is 5.91 Å². The summed E-state index contributed by atoms with van der Waals surface area (Å²) in [6.45, 7) is 0.577. The second kappa shape index (κ2) is 6.22. The van der Waals surface area contributed by atoms with Gasteiger partial charge in [-0.1, -0.05) is 30.3 Å². The third-order valence-electron chi connectivity index (χ3n) is 3.00. The molecule has 0 bridgehead atoms. The van der Waals surface area contributed by atoms with E-state index in [1.165, 1.54) is 0 Å². The number of likely N-dealkylation sites (N-methyl/N-ethyl adjacent to an activating group) is 1. The maximum Gasteiger partial charge on any atom is 0.315 e. The lowest BCUT2D eigenvalue weighted by atomic mass is 10.2. The van der Waals surface area contributed by atoms with Crippen LogP contribution in [0.2, 0.25) is 0 Å². The molecular weight excluding hydrogens is 242 g/mol. The molecule has 1 aromatic rings. The quantitative estimate of drug-likeness (QED) is 0.834. The van der Waals surface area contributed by atoms with Crippen LogP contribution in [0.25, 0.3) is 0 Å². The molecule has 102 valence electrons. The third-order valence-corrected chi connectivity index (χ3v) is 3.00. The van der Waals surface area contributed by atoms with Crippen LogP contribution in [-0.2, 0) is 11.3 Å². The highest BCUT2D eigenvalue weighted by Gasteiger charge is 2.23. The lowest BCUT2D eigenvalue weighted by Gasteiger charge is -2.17. The van der Waals surface area contributed by atoms with Crippen LogP contribution in [0.1, 0.15) is 18.4 Å². The monoisotopic (exact) mass is 261 g/mol. The van der Waals surface area contributed by atoms with Crippen molar-refractivity contribution in [2.24, 2.45) is 0 Å². The minimum atomic E-state index is -0.260. The molecule has 2 N–H and O–H groups in total. The molecule has 1 aliphatic rings. The number of carbonyl (C=O) groups is 2. The lowest BCUT2D eigenvalue weighted by Crippen LogP contribution is -2.43. The first-order chi connectivity index (χ1) is 9.15. The lowest BCUT2D eigenvalue weighted by molar-refractivity contribution is -0.129. The third kappa shape index (κ3) is 4.62. The number of hydrogen-bond acceptors (Lipinski definition) is 2. The van der Waals surface area contributed by atoms with Crippen molar-refractivity contribution in [1.29, 1.82) is 0 Å². The molecule has 5 nitrogen and oxygen atoms in total. The number of amides is 3. The number of rotatable bonds is 5.